The Morgan fingerprint density at radius 2 is 1.96 bits per heavy atom. The van der Waals surface area contributed by atoms with Gasteiger partial charge in [-0.2, -0.15) is 0 Å². The van der Waals surface area contributed by atoms with Crippen LogP contribution in [0.2, 0.25) is 0 Å². The van der Waals surface area contributed by atoms with Gasteiger partial charge in [0.15, 0.2) is 5.60 Å². The zero-order valence-electron chi connectivity index (χ0n) is 15.7. The van der Waals surface area contributed by atoms with E-state index in [2.05, 4.69) is 13.8 Å². The number of aliphatic hydroxyl groups excluding tert-OH is 1. The maximum absolute atomic E-state index is 12.1. The normalized spacial score (nSPS) is 64.0. The highest BCUT2D eigenvalue weighted by Gasteiger charge is 3.02. The molecule has 4 heterocycles. The minimum Gasteiger partial charge on any atom is -0.458 e. The summed E-state index contributed by atoms with van der Waals surface area (Å²) in [6.07, 6.45) is 0.0647. The summed E-state index contributed by atoms with van der Waals surface area (Å²) < 4.78 is 24.0. The van der Waals surface area contributed by atoms with Crippen molar-refractivity contribution in [1.82, 2.24) is 0 Å². The second-order valence-corrected chi connectivity index (χ2v) is 10.1. The van der Waals surface area contributed by atoms with Crippen molar-refractivity contribution in [3.63, 3.8) is 0 Å². The van der Waals surface area contributed by atoms with E-state index in [4.69, 9.17) is 18.9 Å². The minimum atomic E-state index is -1.22. The molecule has 5 fully saturated rings. The number of hydrogen-bond donors (Lipinski definition) is 2. The molecule has 3 saturated heterocycles. The number of aliphatic hydroxyl groups is 2. The van der Waals surface area contributed by atoms with Crippen LogP contribution in [-0.4, -0.2) is 69.6 Å². The maximum Gasteiger partial charge on any atom is 0.334 e. The zero-order chi connectivity index (χ0) is 18.8. The van der Waals surface area contributed by atoms with E-state index in [1.807, 2.05) is 6.92 Å². The van der Waals surface area contributed by atoms with Gasteiger partial charge < -0.3 is 29.2 Å². The van der Waals surface area contributed by atoms with Crippen molar-refractivity contribution in [3.8, 4) is 0 Å². The average molecular weight is 376 g/mol. The third-order valence-corrected chi connectivity index (χ3v) is 9.27. The zero-order valence-corrected chi connectivity index (χ0v) is 15.7. The summed E-state index contributed by atoms with van der Waals surface area (Å²) >= 11 is 0. The number of fused-ring (bicyclic) bond motifs is 4. The fourth-order valence-corrected chi connectivity index (χ4v) is 7.70. The van der Waals surface area contributed by atoms with Gasteiger partial charge in [0.05, 0.1) is 6.10 Å². The lowest BCUT2D eigenvalue weighted by Gasteiger charge is -2.57. The highest BCUT2D eigenvalue weighted by atomic mass is 16.7. The number of esters is 1. The predicted molar refractivity (Wildman–Crippen MR) is 88.5 cm³/mol. The Balaban J connectivity index is 1.42. The topological polar surface area (TPSA) is 104 Å². The largest absolute Gasteiger partial charge is 0.458 e. The standard InChI is InChI=1S/C20H24O7/c1-8(2)18-12(26-18)13-20(27-13)16(3)5-4-9-10(7-24-14(9)21)17(16,23)6-11-19(20,25-11)15(18)22/h8,11-13,15,22-23H,4-7H2,1-3H3/t11-,12-,13-,15+,16-,17-,18-,19+,20+/m0/s1. The van der Waals surface area contributed by atoms with Gasteiger partial charge in [-0.1, -0.05) is 20.8 Å². The lowest BCUT2D eigenvalue weighted by Crippen LogP contribution is -2.74. The average Bonchev–Trinajstić information content (AvgIpc) is 3.49. The van der Waals surface area contributed by atoms with E-state index in [0.717, 1.165) is 0 Å². The molecule has 7 nitrogen and oxygen atoms in total. The SMILES string of the molecule is CC(C)[C@]12O[C@H]1[C@@H]1O[C@]13[C@]1(O[C@H]1C[C@]1(O)C4=C(CC[C@]31C)C(=O)OC4)[C@@H]2O. The van der Waals surface area contributed by atoms with Crippen LogP contribution in [0.25, 0.3) is 0 Å². The first-order valence-electron chi connectivity index (χ1n) is 10.0. The summed E-state index contributed by atoms with van der Waals surface area (Å²) in [5.74, 6) is -0.165. The molecule has 2 N–H and O–H groups in total. The van der Waals surface area contributed by atoms with Gasteiger partial charge in [-0.3, -0.25) is 0 Å². The van der Waals surface area contributed by atoms with Crippen LogP contribution in [0.4, 0.5) is 0 Å². The van der Waals surface area contributed by atoms with Crippen molar-refractivity contribution in [2.45, 2.75) is 86.9 Å². The van der Waals surface area contributed by atoms with E-state index >= 15 is 0 Å². The summed E-state index contributed by atoms with van der Waals surface area (Å²) in [4.78, 5) is 12.1. The van der Waals surface area contributed by atoms with Crippen molar-refractivity contribution < 1.29 is 34.0 Å². The van der Waals surface area contributed by atoms with Gasteiger partial charge in [0.25, 0.3) is 0 Å². The van der Waals surface area contributed by atoms with Crippen molar-refractivity contribution in [2.75, 3.05) is 6.61 Å². The fraction of sp³-hybridized carbons (Fsp3) is 0.850. The van der Waals surface area contributed by atoms with Crippen molar-refractivity contribution in [3.05, 3.63) is 11.1 Å². The number of carbonyl (C=O) groups is 1. The highest BCUT2D eigenvalue weighted by Crippen LogP contribution is 2.83. The van der Waals surface area contributed by atoms with Crippen LogP contribution in [0, 0.1) is 11.3 Å². The molecule has 7 rings (SSSR count). The molecular formula is C20H24O7. The van der Waals surface area contributed by atoms with E-state index in [9.17, 15) is 15.0 Å². The molecule has 2 spiro atoms. The second-order valence-electron chi connectivity index (χ2n) is 10.1. The quantitative estimate of drug-likeness (QED) is 0.498. The summed E-state index contributed by atoms with van der Waals surface area (Å²) in [5, 5.41) is 23.4. The molecule has 0 unspecified atom stereocenters. The van der Waals surface area contributed by atoms with Crippen LogP contribution in [-0.2, 0) is 23.7 Å². The molecule has 0 aromatic rings. The Morgan fingerprint density at radius 1 is 1.19 bits per heavy atom. The second kappa shape index (κ2) is 3.87. The Bertz CT molecular complexity index is 866. The minimum absolute atomic E-state index is 0.138. The summed E-state index contributed by atoms with van der Waals surface area (Å²) in [7, 11) is 0. The molecule has 0 bridgehead atoms. The Kier molecular flexibility index (Phi) is 2.28. The number of epoxide rings is 3. The molecule has 7 aliphatic rings. The fourth-order valence-electron chi connectivity index (χ4n) is 7.70. The van der Waals surface area contributed by atoms with E-state index in [1.54, 1.807) is 0 Å². The first-order valence-corrected chi connectivity index (χ1v) is 10.0. The summed E-state index contributed by atoms with van der Waals surface area (Å²) in [6.45, 7) is 6.30. The van der Waals surface area contributed by atoms with Gasteiger partial charge in [-0.15, -0.1) is 0 Å². The summed E-state index contributed by atoms with van der Waals surface area (Å²) in [6, 6.07) is 0. The lowest BCUT2D eigenvalue weighted by molar-refractivity contribution is -0.162. The van der Waals surface area contributed by atoms with Gasteiger partial charge in [-0.05, 0) is 18.8 Å². The molecule has 0 radical (unpaired) electrons. The summed E-state index contributed by atoms with van der Waals surface area (Å²) in [5.41, 5.74) is -2.79. The van der Waals surface area contributed by atoms with Gasteiger partial charge >= 0.3 is 5.97 Å². The third-order valence-electron chi connectivity index (χ3n) is 9.27. The molecule has 3 aliphatic carbocycles. The number of rotatable bonds is 1. The molecule has 0 amide bonds. The van der Waals surface area contributed by atoms with E-state index < -0.39 is 33.9 Å². The molecule has 2 saturated carbocycles. The lowest BCUT2D eigenvalue weighted by atomic mass is 9.45. The first kappa shape index (κ1) is 15.9. The van der Waals surface area contributed by atoms with Gasteiger partial charge in [0.1, 0.15) is 41.7 Å². The van der Waals surface area contributed by atoms with E-state index in [0.29, 0.717) is 30.4 Å². The first-order chi connectivity index (χ1) is 12.7. The highest BCUT2D eigenvalue weighted by molar-refractivity contribution is 5.93. The van der Waals surface area contributed by atoms with Crippen LogP contribution in [0.15, 0.2) is 11.1 Å². The smallest absolute Gasteiger partial charge is 0.334 e. The molecule has 4 aliphatic heterocycles. The molecule has 146 valence electrons. The molecular weight excluding hydrogens is 352 g/mol. The maximum atomic E-state index is 12.1. The monoisotopic (exact) mass is 376 g/mol. The van der Waals surface area contributed by atoms with E-state index in [-0.39, 0.29) is 36.8 Å². The molecule has 27 heavy (non-hydrogen) atoms. The molecule has 0 aromatic carbocycles. The van der Waals surface area contributed by atoms with Crippen LogP contribution >= 0.6 is 0 Å². The van der Waals surface area contributed by atoms with Gasteiger partial charge in [0, 0.05) is 23.0 Å². The van der Waals surface area contributed by atoms with Crippen LogP contribution < -0.4 is 0 Å². The van der Waals surface area contributed by atoms with Crippen molar-refractivity contribution in [2.24, 2.45) is 11.3 Å². The number of hydrogen-bond acceptors (Lipinski definition) is 7. The predicted octanol–water partition coefficient (Wildman–Crippen LogP) is 0.218. The molecule has 0 aromatic heterocycles. The van der Waals surface area contributed by atoms with Crippen LogP contribution in [0.1, 0.15) is 40.0 Å². The Morgan fingerprint density at radius 3 is 2.70 bits per heavy atom. The van der Waals surface area contributed by atoms with E-state index in [1.165, 1.54) is 0 Å². The molecule has 7 heteroatoms. The van der Waals surface area contributed by atoms with Crippen molar-refractivity contribution >= 4 is 5.97 Å². The Labute approximate surface area is 156 Å². The number of carbonyl (C=O) groups excluding carboxylic acids is 1. The third kappa shape index (κ3) is 1.20. The Hall–Kier alpha value is -0.990. The van der Waals surface area contributed by atoms with Crippen molar-refractivity contribution in [1.29, 1.82) is 0 Å². The number of cyclic esters (lactones) is 1. The van der Waals surface area contributed by atoms with Gasteiger partial charge in [-0.25, -0.2) is 4.79 Å². The van der Waals surface area contributed by atoms with Crippen LogP contribution in [0.3, 0.4) is 0 Å². The van der Waals surface area contributed by atoms with Gasteiger partial charge in [0.2, 0.25) is 0 Å². The molecule has 9 atom stereocenters. The van der Waals surface area contributed by atoms with Crippen LogP contribution in [0.5, 0.6) is 0 Å². The number of ether oxygens (including phenoxy) is 4.